The van der Waals surface area contributed by atoms with Crippen LogP contribution < -0.4 is 15.0 Å². The monoisotopic (exact) mass is 460 g/mol. The average Bonchev–Trinajstić information content (AvgIpc) is 3.22. The van der Waals surface area contributed by atoms with E-state index in [1.807, 2.05) is 0 Å². The van der Waals surface area contributed by atoms with Crippen LogP contribution in [0, 0.1) is 5.82 Å². The summed E-state index contributed by atoms with van der Waals surface area (Å²) in [5, 5.41) is 7.63. The molecule has 0 radical (unpaired) electrons. The molecule has 8 nitrogen and oxygen atoms in total. The summed E-state index contributed by atoms with van der Waals surface area (Å²) in [6, 6.07) is 2.29. The summed E-state index contributed by atoms with van der Waals surface area (Å²) in [6.45, 7) is -0.437. The van der Waals surface area contributed by atoms with Gasteiger partial charge in [-0.1, -0.05) is 0 Å². The Kier molecular flexibility index (Phi) is 6.50. The van der Waals surface area contributed by atoms with E-state index in [4.69, 9.17) is 4.74 Å². The van der Waals surface area contributed by atoms with Crippen molar-refractivity contribution in [2.24, 2.45) is 0 Å². The quantitative estimate of drug-likeness (QED) is 0.527. The Morgan fingerprint density at radius 1 is 1.22 bits per heavy atom. The maximum Gasteiger partial charge on any atom is 0.435 e. The first-order chi connectivity index (χ1) is 15.1. The first-order valence-corrected chi connectivity index (χ1v) is 8.72. The van der Waals surface area contributed by atoms with Crippen LogP contribution in [0.1, 0.15) is 23.4 Å². The van der Waals surface area contributed by atoms with Crippen LogP contribution in [-0.4, -0.2) is 33.3 Å². The molecular formula is C18H14F6N6O2. The molecule has 2 amide bonds. The smallest absolute Gasteiger partial charge is 0.435 e. The minimum absolute atomic E-state index is 0.0323. The lowest BCUT2D eigenvalue weighted by Crippen LogP contribution is -2.35. The van der Waals surface area contributed by atoms with Crippen LogP contribution in [0.5, 0.6) is 6.01 Å². The number of H-pyrrole nitrogens is 1. The highest BCUT2D eigenvalue weighted by Crippen LogP contribution is 2.29. The number of anilines is 2. The third-order valence-corrected chi connectivity index (χ3v) is 4.09. The Bertz CT molecular complexity index is 1090. The summed E-state index contributed by atoms with van der Waals surface area (Å²) in [6.07, 6.45) is -5.49. The number of rotatable bonds is 6. The molecule has 0 saturated heterocycles. The van der Waals surface area contributed by atoms with Crippen LogP contribution in [0.2, 0.25) is 0 Å². The number of halogens is 6. The molecular weight excluding hydrogens is 446 g/mol. The number of benzene rings is 1. The van der Waals surface area contributed by atoms with E-state index in [1.54, 1.807) is 0 Å². The molecule has 2 heterocycles. The van der Waals surface area contributed by atoms with Gasteiger partial charge in [0.15, 0.2) is 5.69 Å². The summed E-state index contributed by atoms with van der Waals surface area (Å²) >= 11 is 0. The molecule has 3 aromatic rings. The van der Waals surface area contributed by atoms with Crippen molar-refractivity contribution in [1.82, 2.24) is 20.2 Å². The zero-order valence-corrected chi connectivity index (χ0v) is 16.1. The summed E-state index contributed by atoms with van der Waals surface area (Å²) in [5.74, 6) is -1.16. The van der Waals surface area contributed by atoms with Crippen LogP contribution in [0.25, 0.3) is 0 Å². The lowest BCUT2D eigenvalue weighted by Gasteiger charge is -2.22. The topological polar surface area (TPSA) is 96.0 Å². The molecule has 1 aromatic carbocycles. The summed E-state index contributed by atoms with van der Waals surface area (Å²) < 4.78 is 82.7. The van der Waals surface area contributed by atoms with Crippen molar-refractivity contribution in [2.75, 3.05) is 17.3 Å². The molecule has 3 rings (SSSR count). The summed E-state index contributed by atoms with van der Waals surface area (Å²) in [4.78, 5) is 21.4. The largest absolute Gasteiger partial charge is 0.467 e. The zero-order chi connectivity index (χ0) is 23.5. The van der Waals surface area contributed by atoms with E-state index in [9.17, 15) is 31.1 Å². The Hall–Kier alpha value is -3.84. The standard InChI is InChI=1S/C18H14F6N6O2/c1-32-16-25-6-11(7-26-16)30(8-10-5-14(29-28-10)18(22,23)24)17(31)27-9-2-3-13(19)12(4-9)15(20)21/h2-7,15H,8H2,1H3,(H,27,31)(H,28,29). The van der Waals surface area contributed by atoms with Gasteiger partial charge in [0.05, 0.1) is 43.0 Å². The third kappa shape index (κ3) is 5.25. The highest BCUT2D eigenvalue weighted by atomic mass is 19.4. The van der Waals surface area contributed by atoms with Crippen molar-refractivity contribution in [2.45, 2.75) is 19.1 Å². The predicted octanol–water partition coefficient (Wildman–Crippen LogP) is 4.54. The van der Waals surface area contributed by atoms with E-state index in [1.165, 1.54) is 19.5 Å². The van der Waals surface area contributed by atoms with Crippen molar-refractivity contribution in [3.05, 3.63) is 59.4 Å². The first-order valence-electron chi connectivity index (χ1n) is 8.72. The first kappa shape index (κ1) is 22.8. The van der Waals surface area contributed by atoms with Gasteiger partial charge in [-0.15, -0.1) is 0 Å². The molecule has 2 N–H and O–H groups in total. The third-order valence-electron chi connectivity index (χ3n) is 4.09. The Morgan fingerprint density at radius 2 is 1.91 bits per heavy atom. The highest BCUT2D eigenvalue weighted by Gasteiger charge is 2.34. The van der Waals surface area contributed by atoms with Crippen molar-refractivity contribution in [3.8, 4) is 6.01 Å². The number of aromatic amines is 1. The molecule has 0 aliphatic carbocycles. The van der Waals surface area contributed by atoms with E-state index in [0.717, 1.165) is 23.1 Å². The van der Waals surface area contributed by atoms with Gasteiger partial charge < -0.3 is 10.1 Å². The number of urea groups is 1. The average molecular weight is 460 g/mol. The van der Waals surface area contributed by atoms with Gasteiger partial charge in [-0.25, -0.2) is 27.9 Å². The van der Waals surface area contributed by atoms with E-state index in [2.05, 4.69) is 25.5 Å². The van der Waals surface area contributed by atoms with Gasteiger partial charge in [-0.05, 0) is 24.3 Å². The molecule has 0 saturated carbocycles. The number of hydrogen-bond acceptors (Lipinski definition) is 5. The van der Waals surface area contributed by atoms with Gasteiger partial charge in [-0.2, -0.15) is 18.3 Å². The number of alkyl halides is 5. The van der Waals surface area contributed by atoms with Gasteiger partial charge in [0.25, 0.3) is 6.43 Å². The molecule has 32 heavy (non-hydrogen) atoms. The van der Waals surface area contributed by atoms with Gasteiger partial charge >= 0.3 is 18.2 Å². The second kappa shape index (κ2) is 9.11. The van der Waals surface area contributed by atoms with Crippen LogP contribution in [0.4, 0.5) is 42.5 Å². The maximum absolute atomic E-state index is 13.5. The minimum atomic E-state index is -4.70. The van der Waals surface area contributed by atoms with Crippen molar-refractivity contribution in [3.63, 3.8) is 0 Å². The van der Waals surface area contributed by atoms with E-state index < -0.39 is 42.3 Å². The summed E-state index contributed by atoms with van der Waals surface area (Å²) in [7, 11) is 1.30. The highest BCUT2D eigenvalue weighted by molar-refractivity contribution is 6.01. The number of aromatic nitrogens is 4. The van der Waals surface area contributed by atoms with Gasteiger partial charge in [0.1, 0.15) is 5.82 Å². The molecule has 170 valence electrons. The number of amides is 2. The number of nitrogens with one attached hydrogen (secondary N) is 2. The molecule has 0 spiro atoms. The van der Waals surface area contributed by atoms with Crippen molar-refractivity contribution >= 4 is 17.4 Å². The maximum atomic E-state index is 13.5. The van der Waals surface area contributed by atoms with Crippen molar-refractivity contribution < 1.29 is 35.9 Å². The molecule has 0 aliphatic rings. The molecule has 0 fully saturated rings. The van der Waals surface area contributed by atoms with E-state index in [-0.39, 0.29) is 23.1 Å². The second-order valence-electron chi connectivity index (χ2n) is 6.26. The van der Waals surface area contributed by atoms with E-state index >= 15 is 0 Å². The van der Waals surface area contributed by atoms with Gasteiger partial charge in [0.2, 0.25) is 0 Å². The number of nitrogens with zero attached hydrogens (tertiary/aromatic N) is 4. The lowest BCUT2D eigenvalue weighted by atomic mass is 10.2. The fourth-order valence-electron chi connectivity index (χ4n) is 2.57. The SMILES string of the molecule is COc1ncc(N(Cc2cc(C(F)(F)F)n[nH]2)C(=O)Nc2ccc(F)c(C(F)F)c2)cn1. The minimum Gasteiger partial charge on any atom is -0.467 e. The zero-order valence-electron chi connectivity index (χ0n) is 16.1. The molecule has 0 atom stereocenters. The van der Waals surface area contributed by atoms with Gasteiger partial charge in [-0.3, -0.25) is 10.00 Å². The predicted molar refractivity (Wildman–Crippen MR) is 98.7 cm³/mol. The van der Waals surface area contributed by atoms with Crippen LogP contribution in [-0.2, 0) is 12.7 Å². The fourth-order valence-corrected chi connectivity index (χ4v) is 2.57. The van der Waals surface area contributed by atoms with Crippen LogP contribution in [0.3, 0.4) is 0 Å². The Balaban J connectivity index is 1.90. The Labute approximate surface area is 176 Å². The molecule has 2 aromatic heterocycles. The normalized spacial score (nSPS) is 11.5. The number of carbonyl (C=O) groups excluding carboxylic acids is 1. The molecule has 0 bridgehead atoms. The molecule has 0 unspecified atom stereocenters. The number of methoxy groups -OCH3 is 1. The number of carbonyl (C=O) groups is 1. The number of hydrogen-bond donors (Lipinski definition) is 2. The second-order valence-corrected chi connectivity index (χ2v) is 6.26. The van der Waals surface area contributed by atoms with E-state index in [0.29, 0.717) is 6.07 Å². The van der Waals surface area contributed by atoms with Crippen LogP contribution in [0.15, 0.2) is 36.7 Å². The Morgan fingerprint density at radius 3 is 2.47 bits per heavy atom. The lowest BCUT2D eigenvalue weighted by molar-refractivity contribution is -0.141. The summed E-state index contributed by atoms with van der Waals surface area (Å²) in [5.41, 5.74) is -2.32. The molecule has 14 heteroatoms. The van der Waals surface area contributed by atoms with Crippen molar-refractivity contribution in [1.29, 1.82) is 0 Å². The molecule has 0 aliphatic heterocycles. The van der Waals surface area contributed by atoms with Crippen LogP contribution >= 0.6 is 0 Å². The number of ether oxygens (including phenoxy) is 1. The van der Waals surface area contributed by atoms with Gasteiger partial charge in [0, 0.05) is 5.69 Å². The fraction of sp³-hybridized carbons (Fsp3) is 0.222.